The largest absolute Gasteiger partial charge is 0.364 e. The summed E-state index contributed by atoms with van der Waals surface area (Å²) in [6.07, 6.45) is 2.69. The van der Waals surface area contributed by atoms with Crippen LogP contribution >= 0.6 is 0 Å². The van der Waals surface area contributed by atoms with E-state index < -0.39 is 0 Å². The molecule has 1 aliphatic carbocycles. The summed E-state index contributed by atoms with van der Waals surface area (Å²) in [6.45, 7) is 7.31. The van der Waals surface area contributed by atoms with Gasteiger partial charge in [-0.05, 0) is 36.3 Å². The summed E-state index contributed by atoms with van der Waals surface area (Å²) in [4.78, 5) is 27.8. The Morgan fingerprint density at radius 2 is 1.65 bits per heavy atom. The molecule has 1 atom stereocenters. The molecular formula is C20H23NO2. The van der Waals surface area contributed by atoms with Gasteiger partial charge in [-0.3, -0.25) is 9.59 Å². The van der Waals surface area contributed by atoms with Crippen molar-refractivity contribution < 1.29 is 9.59 Å². The van der Waals surface area contributed by atoms with Crippen molar-refractivity contribution in [3.8, 4) is 0 Å². The fourth-order valence-corrected chi connectivity index (χ4v) is 4.75. The molecule has 120 valence electrons. The van der Waals surface area contributed by atoms with E-state index in [9.17, 15) is 9.59 Å². The van der Waals surface area contributed by atoms with Crippen LogP contribution < -0.4 is 0 Å². The van der Waals surface area contributed by atoms with Crippen molar-refractivity contribution in [2.75, 3.05) is 6.54 Å². The highest BCUT2D eigenvalue weighted by Crippen LogP contribution is 2.50. The minimum absolute atomic E-state index is 0.0379. The van der Waals surface area contributed by atoms with Gasteiger partial charge in [0.15, 0.2) is 11.6 Å². The highest BCUT2D eigenvalue weighted by Gasteiger charge is 2.50. The lowest BCUT2D eigenvalue weighted by molar-refractivity contribution is -0.127. The van der Waals surface area contributed by atoms with Gasteiger partial charge in [0.2, 0.25) is 0 Å². The fraction of sp³-hybridized carbons (Fsp3) is 0.500. The van der Waals surface area contributed by atoms with E-state index in [-0.39, 0.29) is 22.5 Å². The Labute approximate surface area is 137 Å². The fourth-order valence-electron chi connectivity index (χ4n) is 4.75. The number of carbonyl (C=O) groups excluding carboxylic acids is 2. The van der Waals surface area contributed by atoms with Gasteiger partial charge in [0, 0.05) is 25.1 Å². The molecule has 23 heavy (non-hydrogen) atoms. The van der Waals surface area contributed by atoms with Crippen LogP contribution in [0.15, 0.2) is 35.5 Å². The van der Waals surface area contributed by atoms with Gasteiger partial charge in [0.1, 0.15) is 0 Å². The third-order valence-corrected chi connectivity index (χ3v) is 5.76. The zero-order chi connectivity index (χ0) is 16.4. The summed E-state index contributed by atoms with van der Waals surface area (Å²) in [7, 11) is 0. The second-order valence-electron chi connectivity index (χ2n) is 8.20. The molecule has 0 radical (unpaired) electrons. The van der Waals surface area contributed by atoms with Gasteiger partial charge in [-0.2, -0.15) is 0 Å². The number of ketones is 2. The van der Waals surface area contributed by atoms with Crippen LogP contribution in [0.3, 0.4) is 0 Å². The molecule has 3 nitrogen and oxygen atoms in total. The third-order valence-electron chi connectivity index (χ3n) is 5.76. The predicted molar refractivity (Wildman–Crippen MR) is 88.9 cm³/mol. The lowest BCUT2D eigenvalue weighted by Gasteiger charge is -2.53. The molecule has 0 spiro atoms. The van der Waals surface area contributed by atoms with Crippen LogP contribution in [0.2, 0.25) is 0 Å². The maximum atomic E-state index is 12.8. The normalized spacial score (nSPS) is 29.1. The van der Waals surface area contributed by atoms with Crippen LogP contribution in [-0.4, -0.2) is 23.0 Å². The Morgan fingerprint density at radius 3 is 2.43 bits per heavy atom. The molecule has 0 aromatic heterocycles. The van der Waals surface area contributed by atoms with Crippen molar-refractivity contribution >= 4 is 11.6 Å². The summed E-state index contributed by atoms with van der Waals surface area (Å²) in [5.74, 6) is 0.0816. The minimum Gasteiger partial charge on any atom is -0.364 e. The molecule has 1 unspecified atom stereocenters. The molecule has 2 aliphatic heterocycles. The van der Waals surface area contributed by atoms with Crippen LogP contribution in [0.5, 0.6) is 0 Å². The summed E-state index contributed by atoms with van der Waals surface area (Å²) >= 11 is 0. The van der Waals surface area contributed by atoms with Crippen LogP contribution in [0, 0.1) is 5.41 Å². The lowest BCUT2D eigenvalue weighted by atomic mass is 9.67. The second-order valence-corrected chi connectivity index (χ2v) is 8.20. The first-order chi connectivity index (χ1) is 10.8. The Balaban J connectivity index is 1.90. The van der Waals surface area contributed by atoms with Crippen molar-refractivity contribution in [2.24, 2.45) is 5.41 Å². The molecule has 0 saturated carbocycles. The molecule has 3 aliphatic rings. The number of benzene rings is 1. The smallest absolute Gasteiger partial charge is 0.170 e. The molecule has 1 aromatic rings. The average Bonchev–Trinajstić information content (AvgIpc) is 2.45. The standard InChI is InChI=1S/C20H23NO2/c1-19(2)10-15-18(16(22)11-19)17(23)12-20(3)14-7-5-4-6-13(14)8-9-21(15)20/h4-7H,8-12H2,1-3H3. The first kappa shape index (κ1) is 14.7. The van der Waals surface area contributed by atoms with E-state index in [1.54, 1.807) is 0 Å². The number of fused-ring (bicyclic) bond motifs is 4. The van der Waals surface area contributed by atoms with E-state index in [1.807, 2.05) is 0 Å². The van der Waals surface area contributed by atoms with Crippen LogP contribution in [-0.2, 0) is 21.5 Å². The quantitative estimate of drug-likeness (QED) is 0.690. The summed E-state index contributed by atoms with van der Waals surface area (Å²) in [6, 6.07) is 8.44. The first-order valence-corrected chi connectivity index (χ1v) is 8.47. The Morgan fingerprint density at radius 1 is 0.957 bits per heavy atom. The van der Waals surface area contributed by atoms with Crippen LogP contribution in [0.4, 0.5) is 0 Å². The third kappa shape index (κ3) is 2.02. The van der Waals surface area contributed by atoms with Gasteiger partial charge >= 0.3 is 0 Å². The molecule has 4 rings (SSSR count). The highest BCUT2D eigenvalue weighted by atomic mass is 16.1. The monoisotopic (exact) mass is 309 g/mol. The van der Waals surface area contributed by atoms with E-state index >= 15 is 0 Å². The number of allylic oxidation sites excluding steroid dienone is 2. The van der Waals surface area contributed by atoms with Gasteiger partial charge in [0.05, 0.1) is 11.1 Å². The maximum Gasteiger partial charge on any atom is 0.170 e. The van der Waals surface area contributed by atoms with Gasteiger partial charge < -0.3 is 4.90 Å². The first-order valence-electron chi connectivity index (χ1n) is 8.47. The van der Waals surface area contributed by atoms with E-state index in [0.717, 1.165) is 25.1 Å². The molecule has 0 saturated heterocycles. The number of nitrogens with zero attached hydrogens (tertiary/aromatic N) is 1. The van der Waals surface area contributed by atoms with E-state index in [2.05, 4.69) is 49.9 Å². The van der Waals surface area contributed by atoms with E-state index in [0.29, 0.717) is 18.4 Å². The SMILES string of the molecule is CC1(C)CC(=O)C2=C(C1)N1CCc3ccccc3C1(C)CC2=O. The van der Waals surface area contributed by atoms with E-state index in [1.165, 1.54) is 11.1 Å². The van der Waals surface area contributed by atoms with Crippen molar-refractivity contribution in [2.45, 2.75) is 52.0 Å². The van der Waals surface area contributed by atoms with Gasteiger partial charge in [-0.25, -0.2) is 0 Å². The van der Waals surface area contributed by atoms with Crippen molar-refractivity contribution in [3.05, 3.63) is 46.7 Å². The highest BCUT2D eigenvalue weighted by molar-refractivity contribution is 6.22. The van der Waals surface area contributed by atoms with Crippen molar-refractivity contribution in [3.63, 3.8) is 0 Å². The lowest BCUT2D eigenvalue weighted by Crippen LogP contribution is -2.55. The Hall–Kier alpha value is -1.90. The molecule has 1 aromatic carbocycles. The molecule has 2 heterocycles. The Bertz CT molecular complexity index is 759. The summed E-state index contributed by atoms with van der Waals surface area (Å²) in [5.41, 5.74) is 3.72. The average molecular weight is 309 g/mol. The zero-order valence-corrected chi connectivity index (χ0v) is 14.1. The number of hydrogen-bond acceptors (Lipinski definition) is 3. The molecule has 0 amide bonds. The summed E-state index contributed by atoms with van der Waals surface area (Å²) in [5, 5.41) is 0. The number of rotatable bonds is 0. The molecule has 0 N–H and O–H groups in total. The molecular weight excluding hydrogens is 286 g/mol. The molecule has 3 heteroatoms. The number of Topliss-reactive ketones (excluding diaryl/α,β-unsaturated/α-hetero) is 2. The van der Waals surface area contributed by atoms with Gasteiger partial charge in [0.25, 0.3) is 0 Å². The zero-order valence-electron chi connectivity index (χ0n) is 14.1. The van der Waals surface area contributed by atoms with Crippen molar-refractivity contribution in [1.82, 2.24) is 4.90 Å². The molecule has 0 bridgehead atoms. The maximum absolute atomic E-state index is 12.8. The minimum atomic E-state index is -0.307. The van der Waals surface area contributed by atoms with Gasteiger partial charge in [-0.1, -0.05) is 38.1 Å². The predicted octanol–water partition coefficient (Wildman–Crippen LogP) is 3.38. The Kier molecular flexibility index (Phi) is 2.91. The molecule has 0 fully saturated rings. The van der Waals surface area contributed by atoms with Crippen molar-refractivity contribution in [1.29, 1.82) is 0 Å². The summed E-state index contributed by atoms with van der Waals surface area (Å²) < 4.78 is 0. The number of hydrogen-bond donors (Lipinski definition) is 0. The van der Waals surface area contributed by atoms with Crippen LogP contribution in [0.25, 0.3) is 0 Å². The second kappa shape index (κ2) is 4.56. The van der Waals surface area contributed by atoms with E-state index in [4.69, 9.17) is 0 Å². The number of carbonyl (C=O) groups is 2. The van der Waals surface area contributed by atoms with Crippen LogP contribution in [0.1, 0.15) is 51.2 Å². The topological polar surface area (TPSA) is 37.4 Å². The van der Waals surface area contributed by atoms with Gasteiger partial charge in [-0.15, -0.1) is 0 Å².